The third-order valence-corrected chi connectivity index (χ3v) is 5.56. The van der Waals surface area contributed by atoms with Gasteiger partial charge in [0.2, 0.25) is 0 Å². The molecule has 0 aromatic heterocycles. The molecule has 118 valence electrons. The fourth-order valence-electron chi connectivity index (χ4n) is 1.87. The van der Waals surface area contributed by atoms with E-state index in [2.05, 4.69) is 0 Å². The Morgan fingerprint density at radius 3 is 1.53 bits per heavy atom. The Hall–Kier alpha value is 0.550. The fraction of sp³-hybridized carbons (Fsp3) is 1.00. The van der Waals surface area contributed by atoms with Crippen molar-refractivity contribution >= 4 is 32.1 Å². The number of hydrogen-bond donors (Lipinski definition) is 1. The first-order valence-electron chi connectivity index (χ1n) is 7.11. The Morgan fingerprint density at radius 1 is 0.789 bits per heavy atom. The van der Waals surface area contributed by atoms with Crippen molar-refractivity contribution in [2.75, 3.05) is 18.6 Å². The average molecular weight is 332 g/mol. The predicted octanol–water partition coefficient (Wildman–Crippen LogP) is 3.96. The van der Waals surface area contributed by atoms with E-state index in [1.54, 1.807) is 0 Å². The first-order chi connectivity index (χ1) is 8.56. The van der Waals surface area contributed by atoms with E-state index < -0.39 is 8.87 Å². The molecule has 0 fully saturated rings. The van der Waals surface area contributed by atoms with Gasteiger partial charge in [0, 0.05) is 12.0 Å². The second kappa shape index (κ2) is 14.9. The van der Waals surface area contributed by atoms with E-state index in [0.717, 1.165) is 42.4 Å². The van der Waals surface area contributed by atoms with Crippen molar-refractivity contribution < 1.29 is 8.42 Å². The average Bonchev–Trinajstić information content (AvgIpc) is 2.29. The van der Waals surface area contributed by atoms with Gasteiger partial charge in [-0.25, -0.2) is 8.42 Å². The molecule has 0 aromatic rings. The smallest absolute Gasteiger partial charge is 0.198 e. The van der Waals surface area contributed by atoms with Crippen LogP contribution in [-0.2, 0) is 8.87 Å². The molecule has 0 saturated carbocycles. The molecule has 3 nitrogen and oxygen atoms in total. The molecule has 19 heavy (non-hydrogen) atoms. The summed E-state index contributed by atoms with van der Waals surface area (Å²) < 4.78 is 21.7. The molecule has 0 aliphatic heterocycles. The summed E-state index contributed by atoms with van der Waals surface area (Å²) in [6.07, 6.45) is 13.8. The first-order valence-corrected chi connectivity index (χ1v) is 10.5. The van der Waals surface area contributed by atoms with Crippen LogP contribution >= 0.6 is 23.2 Å². The van der Waals surface area contributed by atoms with Crippen LogP contribution in [0.3, 0.4) is 0 Å². The van der Waals surface area contributed by atoms with Gasteiger partial charge in [0.15, 0.2) is 8.87 Å². The van der Waals surface area contributed by atoms with Gasteiger partial charge in [0.05, 0.1) is 0 Å². The highest BCUT2D eigenvalue weighted by molar-refractivity contribution is 8.71. The molecule has 0 aliphatic rings. The van der Waals surface area contributed by atoms with Crippen LogP contribution in [0.4, 0.5) is 0 Å². The molecule has 0 aliphatic carbocycles. The summed E-state index contributed by atoms with van der Waals surface area (Å²) in [6.45, 7) is 0.825. The zero-order valence-corrected chi connectivity index (χ0v) is 14.6. The summed E-state index contributed by atoms with van der Waals surface area (Å²) in [4.78, 5) is 0. The maximum atomic E-state index is 10.9. The lowest BCUT2D eigenvalue weighted by atomic mass is 10.1. The zero-order valence-electron chi connectivity index (χ0n) is 12.1. The minimum atomic E-state index is -2.83. The van der Waals surface area contributed by atoms with Gasteiger partial charge in [-0.15, -0.1) is 12.4 Å². The second-order valence-electron chi connectivity index (χ2n) is 4.85. The highest BCUT2D eigenvalue weighted by atomic mass is 35.5. The van der Waals surface area contributed by atoms with Gasteiger partial charge < -0.3 is 5.73 Å². The van der Waals surface area contributed by atoms with Crippen molar-refractivity contribution in [2.45, 2.75) is 64.2 Å². The maximum Gasteiger partial charge on any atom is 0.198 e. The van der Waals surface area contributed by atoms with E-state index in [1.165, 1.54) is 51.2 Å². The zero-order chi connectivity index (χ0) is 13.7. The summed E-state index contributed by atoms with van der Waals surface area (Å²) >= 11 is 0. The van der Waals surface area contributed by atoms with Gasteiger partial charge in [-0.05, 0) is 30.2 Å². The van der Waals surface area contributed by atoms with Gasteiger partial charge in [-0.2, -0.15) is 0 Å². The lowest BCUT2D eigenvalue weighted by molar-refractivity contribution is 0.559. The molecule has 0 spiro atoms. The van der Waals surface area contributed by atoms with Crippen LogP contribution in [0.2, 0.25) is 0 Å². The van der Waals surface area contributed by atoms with Crippen LogP contribution in [0.15, 0.2) is 0 Å². The topological polar surface area (TPSA) is 60.2 Å². The third kappa shape index (κ3) is 21.0. The molecule has 0 saturated heterocycles. The summed E-state index contributed by atoms with van der Waals surface area (Å²) in [7, 11) is -1.75. The molecule has 0 unspecified atom stereocenters. The Balaban J connectivity index is 0. The summed E-state index contributed by atoms with van der Waals surface area (Å²) in [5, 5.41) is 0. The van der Waals surface area contributed by atoms with E-state index in [4.69, 9.17) is 5.73 Å². The summed E-state index contributed by atoms with van der Waals surface area (Å²) in [5.41, 5.74) is 5.44. The van der Waals surface area contributed by atoms with E-state index >= 15 is 0 Å². The molecular weight excluding hydrogens is 302 g/mol. The summed E-state index contributed by atoms with van der Waals surface area (Å²) in [5.74, 6) is 0.748. The quantitative estimate of drug-likeness (QED) is 0.410. The van der Waals surface area contributed by atoms with Crippen LogP contribution in [0.5, 0.6) is 0 Å². The normalized spacial score (nSPS) is 11.3. The highest BCUT2D eigenvalue weighted by Crippen LogP contribution is 2.15. The van der Waals surface area contributed by atoms with Crippen LogP contribution in [0, 0.1) is 0 Å². The Bertz CT molecular complexity index is 272. The predicted molar refractivity (Wildman–Crippen MR) is 89.8 cm³/mol. The number of hydrogen-bond acceptors (Lipinski definition) is 4. The minimum absolute atomic E-state index is 0. The molecule has 0 radical (unpaired) electrons. The number of halogens is 1. The second-order valence-corrected chi connectivity index (χ2v) is 9.43. The van der Waals surface area contributed by atoms with Gasteiger partial charge in [0.1, 0.15) is 0 Å². The number of unbranched alkanes of at least 4 members (excludes halogenated alkanes) is 9. The molecular formula is C13H30ClNO2S2. The molecule has 0 amide bonds. The minimum Gasteiger partial charge on any atom is -0.330 e. The fourth-order valence-corrected chi connectivity index (χ4v) is 3.76. The third-order valence-electron chi connectivity index (χ3n) is 2.90. The molecule has 6 heteroatoms. The van der Waals surface area contributed by atoms with Crippen molar-refractivity contribution in [2.24, 2.45) is 5.73 Å². The lowest BCUT2D eigenvalue weighted by Gasteiger charge is -2.02. The monoisotopic (exact) mass is 331 g/mol. The van der Waals surface area contributed by atoms with Crippen molar-refractivity contribution in [3.63, 3.8) is 0 Å². The lowest BCUT2D eigenvalue weighted by Crippen LogP contribution is -1.97. The summed E-state index contributed by atoms with van der Waals surface area (Å²) in [6, 6.07) is 0. The first kappa shape index (κ1) is 21.8. The van der Waals surface area contributed by atoms with Crippen molar-refractivity contribution in [1.29, 1.82) is 0 Å². The molecule has 0 rings (SSSR count). The van der Waals surface area contributed by atoms with E-state index in [9.17, 15) is 8.42 Å². The molecule has 0 bridgehead atoms. The number of nitrogens with two attached hydrogens (primary N) is 1. The van der Waals surface area contributed by atoms with Crippen LogP contribution in [0.1, 0.15) is 64.2 Å². The van der Waals surface area contributed by atoms with Gasteiger partial charge in [-0.1, -0.05) is 51.4 Å². The standard InChI is InChI=1S/C13H29NO2S2.ClH/c1-18(15,16)17-13-11-9-7-5-3-2-4-6-8-10-12-14;/h2-14H2,1H3;1H. The van der Waals surface area contributed by atoms with Crippen molar-refractivity contribution in [3.8, 4) is 0 Å². The highest BCUT2D eigenvalue weighted by Gasteiger charge is 2.01. The van der Waals surface area contributed by atoms with E-state index in [1.807, 2.05) is 0 Å². The largest absolute Gasteiger partial charge is 0.330 e. The Morgan fingerprint density at radius 2 is 1.16 bits per heavy atom. The van der Waals surface area contributed by atoms with Crippen LogP contribution in [0.25, 0.3) is 0 Å². The van der Waals surface area contributed by atoms with Crippen LogP contribution < -0.4 is 5.73 Å². The van der Waals surface area contributed by atoms with E-state index in [-0.39, 0.29) is 12.4 Å². The van der Waals surface area contributed by atoms with Crippen LogP contribution in [-0.4, -0.2) is 27.0 Å². The molecule has 0 heterocycles. The van der Waals surface area contributed by atoms with E-state index in [0.29, 0.717) is 0 Å². The van der Waals surface area contributed by atoms with Gasteiger partial charge in [0.25, 0.3) is 0 Å². The Kier molecular flexibility index (Phi) is 17.2. The molecule has 0 aromatic carbocycles. The van der Waals surface area contributed by atoms with Gasteiger partial charge >= 0.3 is 0 Å². The Labute approximate surface area is 129 Å². The molecule has 2 N–H and O–H groups in total. The maximum absolute atomic E-state index is 10.9. The number of rotatable bonds is 13. The van der Waals surface area contributed by atoms with Crippen molar-refractivity contribution in [3.05, 3.63) is 0 Å². The van der Waals surface area contributed by atoms with Gasteiger partial charge in [-0.3, -0.25) is 0 Å². The SMILES string of the molecule is CS(=O)(=O)SCCCCCCCCCCCCN.Cl. The molecule has 0 atom stereocenters. The van der Waals surface area contributed by atoms with Crippen molar-refractivity contribution in [1.82, 2.24) is 0 Å².